The fourth-order valence-corrected chi connectivity index (χ4v) is 3.64. The molecule has 3 aromatic rings. The van der Waals surface area contributed by atoms with Crippen LogP contribution in [0.5, 0.6) is 11.5 Å². The zero-order valence-corrected chi connectivity index (χ0v) is 19.2. The third-order valence-corrected chi connectivity index (χ3v) is 5.35. The Morgan fingerprint density at radius 2 is 1.59 bits per heavy atom. The summed E-state index contributed by atoms with van der Waals surface area (Å²) in [6.45, 7) is 7.60. The van der Waals surface area contributed by atoms with E-state index in [-0.39, 0.29) is 16.7 Å². The first-order valence-electron chi connectivity index (χ1n) is 10.1. The van der Waals surface area contributed by atoms with E-state index < -0.39 is 23.8 Å². The summed E-state index contributed by atoms with van der Waals surface area (Å²) in [6.07, 6.45) is -0.976. The standard InChI is InChI=1S/C26H23Cl2FO3/c1-16(2)24(18-9-12-20(28)13-10-18)26(30)32-25(17(3)27)19-11-14-22(29)23(15-19)31-21-7-5-4-6-8-21/h4-16,24-25H,3H2,1-2H3. The van der Waals surface area contributed by atoms with Crippen LogP contribution < -0.4 is 4.74 Å². The number of carbonyl (C=O) groups excluding carboxylic acids is 1. The van der Waals surface area contributed by atoms with Gasteiger partial charge in [0.1, 0.15) is 5.75 Å². The lowest BCUT2D eigenvalue weighted by atomic mass is 9.88. The van der Waals surface area contributed by atoms with Gasteiger partial charge in [0.15, 0.2) is 17.7 Å². The van der Waals surface area contributed by atoms with Crippen molar-refractivity contribution in [3.05, 3.63) is 106 Å². The summed E-state index contributed by atoms with van der Waals surface area (Å²) in [5.41, 5.74) is 1.23. The van der Waals surface area contributed by atoms with Crippen LogP contribution in [0.25, 0.3) is 0 Å². The molecule has 0 saturated carbocycles. The van der Waals surface area contributed by atoms with Gasteiger partial charge >= 0.3 is 5.97 Å². The van der Waals surface area contributed by atoms with Gasteiger partial charge in [-0.15, -0.1) is 0 Å². The summed E-state index contributed by atoms with van der Waals surface area (Å²) in [6, 6.07) is 20.1. The minimum absolute atomic E-state index is 0.00854. The van der Waals surface area contributed by atoms with Gasteiger partial charge < -0.3 is 9.47 Å². The number of benzene rings is 3. The van der Waals surface area contributed by atoms with Crippen LogP contribution in [0, 0.1) is 11.7 Å². The van der Waals surface area contributed by atoms with Gasteiger partial charge in [-0.3, -0.25) is 4.79 Å². The van der Waals surface area contributed by atoms with Crippen LogP contribution in [0.2, 0.25) is 5.02 Å². The van der Waals surface area contributed by atoms with Crippen LogP contribution in [-0.2, 0) is 9.53 Å². The zero-order chi connectivity index (χ0) is 23.3. The van der Waals surface area contributed by atoms with E-state index in [1.54, 1.807) is 48.5 Å². The smallest absolute Gasteiger partial charge is 0.314 e. The number of hydrogen-bond acceptors (Lipinski definition) is 3. The first kappa shape index (κ1) is 23.8. The zero-order valence-electron chi connectivity index (χ0n) is 17.7. The second kappa shape index (κ2) is 10.7. The topological polar surface area (TPSA) is 35.5 Å². The van der Waals surface area contributed by atoms with Crippen molar-refractivity contribution in [2.24, 2.45) is 5.92 Å². The average molecular weight is 473 g/mol. The van der Waals surface area contributed by atoms with Gasteiger partial charge in [-0.1, -0.05) is 80.0 Å². The molecule has 166 valence electrons. The third kappa shape index (κ3) is 5.90. The average Bonchev–Trinajstić information content (AvgIpc) is 2.75. The van der Waals surface area contributed by atoms with Gasteiger partial charge in [-0.2, -0.15) is 0 Å². The summed E-state index contributed by atoms with van der Waals surface area (Å²) in [5, 5.41) is 0.670. The Morgan fingerprint density at radius 3 is 2.19 bits per heavy atom. The van der Waals surface area contributed by atoms with Crippen molar-refractivity contribution in [2.45, 2.75) is 25.9 Å². The van der Waals surface area contributed by atoms with Crippen molar-refractivity contribution in [3.8, 4) is 11.5 Å². The van der Waals surface area contributed by atoms with Gasteiger partial charge in [-0.05, 0) is 47.9 Å². The molecule has 0 heterocycles. The monoisotopic (exact) mass is 472 g/mol. The summed E-state index contributed by atoms with van der Waals surface area (Å²) in [5.74, 6) is -1.13. The maximum atomic E-state index is 14.4. The Hall–Kier alpha value is -2.82. The lowest BCUT2D eigenvalue weighted by molar-refractivity contribution is -0.150. The molecule has 0 aliphatic rings. The molecule has 3 rings (SSSR count). The number of rotatable bonds is 8. The quantitative estimate of drug-likeness (QED) is 0.311. The third-order valence-electron chi connectivity index (χ3n) is 4.90. The van der Waals surface area contributed by atoms with Gasteiger partial charge in [0.25, 0.3) is 0 Å². The van der Waals surface area contributed by atoms with Crippen LogP contribution >= 0.6 is 23.2 Å². The van der Waals surface area contributed by atoms with Crippen LogP contribution in [-0.4, -0.2) is 5.97 Å². The normalized spacial score (nSPS) is 12.8. The molecule has 0 fully saturated rings. The molecule has 2 unspecified atom stereocenters. The van der Waals surface area contributed by atoms with E-state index >= 15 is 0 Å². The van der Waals surface area contributed by atoms with E-state index in [9.17, 15) is 9.18 Å². The molecule has 0 bridgehead atoms. The highest BCUT2D eigenvalue weighted by Crippen LogP contribution is 2.36. The molecule has 0 saturated heterocycles. The van der Waals surface area contributed by atoms with Crippen LogP contribution in [0.4, 0.5) is 4.39 Å². The highest BCUT2D eigenvalue weighted by molar-refractivity contribution is 6.30. The lowest BCUT2D eigenvalue weighted by Crippen LogP contribution is -2.23. The fourth-order valence-electron chi connectivity index (χ4n) is 3.34. The SMILES string of the molecule is C=C(Cl)C(OC(=O)C(c1ccc(Cl)cc1)C(C)C)c1ccc(F)c(Oc2ccccc2)c1. The molecule has 0 aliphatic heterocycles. The van der Waals surface area contributed by atoms with Crippen molar-refractivity contribution in [2.75, 3.05) is 0 Å². The maximum absolute atomic E-state index is 14.4. The van der Waals surface area contributed by atoms with Crippen LogP contribution in [0.3, 0.4) is 0 Å². The van der Waals surface area contributed by atoms with E-state index in [0.29, 0.717) is 16.3 Å². The van der Waals surface area contributed by atoms with Crippen molar-refractivity contribution in [1.82, 2.24) is 0 Å². The minimum atomic E-state index is -0.976. The van der Waals surface area contributed by atoms with Crippen LogP contribution in [0.15, 0.2) is 84.4 Å². The molecule has 0 spiro atoms. The molecule has 0 aromatic heterocycles. The molecule has 0 radical (unpaired) electrons. The van der Waals surface area contributed by atoms with Gasteiger partial charge in [-0.25, -0.2) is 4.39 Å². The van der Waals surface area contributed by atoms with Gasteiger partial charge in [0.05, 0.1) is 11.0 Å². The minimum Gasteiger partial charge on any atom is -0.454 e. The fraction of sp³-hybridized carbons (Fsp3) is 0.192. The molecule has 2 atom stereocenters. The Bertz CT molecular complexity index is 1080. The Morgan fingerprint density at radius 1 is 0.969 bits per heavy atom. The Kier molecular flexibility index (Phi) is 7.94. The molecule has 6 heteroatoms. The second-order valence-electron chi connectivity index (χ2n) is 7.64. The van der Waals surface area contributed by atoms with E-state index in [0.717, 1.165) is 5.56 Å². The lowest BCUT2D eigenvalue weighted by Gasteiger charge is -2.24. The molecule has 3 nitrogen and oxygen atoms in total. The second-order valence-corrected chi connectivity index (χ2v) is 8.56. The number of halogens is 3. The molecular formula is C26H23Cl2FO3. The van der Waals surface area contributed by atoms with Gasteiger partial charge in [0, 0.05) is 10.6 Å². The number of hydrogen-bond donors (Lipinski definition) is 0. The first-order valence-corrected chi connectivity index (χ1v) is 10.8. The first-order chi connectivity index (χ1) is 15.3. The van der Waals surface area contributed by atoms with Crippen molar-refractivity contribution < 1.29 is 18.7 Å². The molecule has 0 N–H and O–H groups in total. The van der Waals surface area contributed by atoms with Crippen molar-refractivity contribution >= 4 is 29.2 Å². The number of esters is 1. The maximum Gasteiger partial charge on any atom is 0.314 e. The Labute approximate surface area is 197 Å². The molecule has 3 aromatic carbocycles. The molecule has 32 heavy (non-hydrogen) atoms. The number of para-hydroxylation sites is 1. The molecular weight excluding hydrogens is 450 g/mol. The largest absolute Gasteiger partial charge is 0.454 e. The van der Waals surface area contributed by atoms with E-state index in [1.165, 1.54) is 18.2 Å². The summed E-state index contributed by atoms with van der Waals surface area (Å²) < 4.78 is 25.8. The molecule has 0 amide bonds. The van der Waals surface area contributed by atoms with Crippen LogP contribution in [0.1, 0.15) is 37.0 Å². The van der Waals surface area contributed by atoms with E-state index in [2.05, 4.69) is 6.58 Å². The predicted molar refractivity (Wildman–Crippen MR) is 126 cm³/mol. The Balaban J connectivity index is 1.87. The van der Waals surface area contributed by atoms with Crippen molar-refractivity contribution in [1.29, 1.82) is 0 Å². The van der Waals surface area contributed by atoms with Gasteiger partial charge in [0.2, 0.25) is 0 Å². The number of ether oxygens (including phenoxy) is 2. The number of carbonyl (C=O) groups is 1. The summed E-state index contributed by atoms with van der Waals surface area (Å²) in [7, 11) is 0. The van der Waals surface area contributed by atoms with Crippen molar-refractivity contribution in [3.63, 3.8) is 0 Å². The highest BCUT2D eigenvalue weighted by Gasteiger charge is 2.30. The molecule has 0 aliphatic carbocycles. The summed E-state index contributed by atoms with van der Waals surface area (Å²) in [4.78, 5) is 13.1. The van der Waals surface area contributed by atoms with E-state index in [4.69, 9.17) is 32.7 Å². The predicted octanol–water partition coefficient (Wildman–Crippen LogP) is 8.05. The summed E-state index contributed by atoms with van der Waals surface area (Å²) >= 11 is 12.2. The van der Waals surface area contributed by atoms with E-state index in [1.807, 2.05) is 19.9 Å². The highest BCUT2D eigenvalue weighted by atomic mass is 35.5.